The average molecular weight is 487 g/mol. The first-order chi connectivity index (χ1) is 15.9. The number of ether oxygens (including phenoxy) is 1. The maximum Gasteiger partial charge on any atom is 0.264 e. The van der Waals surface area contributed by atoms with Crippen LogP contribution in [0.3, 0.4) is 0 Å². The molecule has 0 spiro atoms. The van der Waals surface area contributed by atoms with E-state index >= 15 is 0 Å². The fourth-order valence-corrected chi connectivity index (χ4v) is 4.74. The Balaban J connectivity index is 1.37. The standard InChI is InChI=1S/C24H23ClN2O5S/c25-19-8-10-20(11-9-19)32-21-12-14-22(15-13-21)33(29,30)26-23-7-4-16-27(24(23)28)31-17-18-5-2-1-3-6-18/h1-3,5-6,8-15,23,26H,4,7,16-17H2/t23-/m1/s1. The van der Waals surface area contributed by atoms with Crippen LogP contribution in [0, 0.1) is 0 Å². The van der Waals surface area contributed by atoms with Gasteiger partial charge in [0.1, 0.15) is 24.1 Å². The zero-order valence-electron chi connectivity index (χ0n) is 17.7. The van der Waals surface area contributed by atoms with E-state index in [0.717, 1.165) is 5.56 Å². The minimum absolute atomic E-state index is 0.0427. The van der Waals surface area contributed by atoms with Crippen molar-refractivity contribution in [3.63, 3.8) is 0 Å². The third kappa shape index (κ3) is 6.11. The minimum Gasteiger partial charge on any atom is -0.457 e. The summed E-state index contributed by atoms with van der Waals surface area (Å²) in [7, 11) is -3.90. The number of nitrogens with one attached hydrogen (secondary N) is 1. The lowest BCUT2D eigenvalue weighted by Crippen LogP contribution is -2.51. The molecule has 1 aliphatic rings. The molecule has 0 unspecified atom stereocenters. The van der Waals surface area contributed by atoms with Crippen LogP contribution in [0.1, 0.15) is 18.4 Å². The quantitative estimate of drug-likeness (QED) is 0.505. The monoisotopic (exact) mass is 486 g/mol. The fourth-order valence-electron chi connectivity index (χ4n) is 3.39. The number of sulfonamides is 1. The van der Waals surface area contributed by atoms with Crippen LogP contribution in [0.5, 0.6) is 11.5 Å². The Morgan fingerprint density at radius 1 is 0.939 bits per heavy atom. The van der Waals surface area contributed by atoms with Crippen LogP contribution >= 0.6 is 11.6 Å². The Bertz CT molecular complexity index is 1190. The van der Waals surface area contributed by atoms with Gasteiger partial charge in [-0.1, -0.05) is 41.9 Å². The van der Waals surface area contributed by atoms with E-state index in [0.29, 0.717) is 35.9 Å². The Morgan fingerprint density at radius 3 is 2.24 bits per heavy atom. The molecule has 1 saturated heterocycles. The topological polar surface area (TPSA) is 84.9 Å². The van der Waals surface area contributed by atoms with E-state index in [4.69, 9.17) is 21.2 Å². The van der Waals surface area contributed by atoms with Crippen molar-refractivity contribution >= 4 is 27.5 Å². The van der Waals surface area contributed by atoms with Crippen molar-refractivity contribution < 1.29 is 22.8 Å². The highest BCUT2D eigenvalue weighted by Crippen LogP contribution is 2.25. The Labute approximate surface area is 197 Å². The molecule has 0 saturated carbocycles. The lowest BCUT2D eigenvalue weighted by molar-refractivity contribution is -0.198. The van der Waals surface area contributed by atoms with E-state index in [-0.39, 0.29) is 11.5 Å². The van der Waals surface area contributed by atoms with Gasteiger partial charge in [-0.15, -0.1) is 0 Å². The lowest BCUT2D eigenvalue weighted by Gasteiger charge is -2.31. The van der Waals surface area contributed by atoms with Crippen molar-refractivity contribution in [3.8, 4) is 11.5 Å². The largest absolute Gasteiger partial charge is 0.457 e. The number of hydrogen-bond acceptors (Lipinski definition) is 5. The van der Waals surface area contributed by atoms with E-state index in [2.05, 4.69) is 4.72 Å². The lowest BCUT2D eigenvalue weighted by atomic mass is 10.1. The van der Waals surface area contributed by atoms with Crippen molar-refractivity contribution in [2.75, 3.05) is 6.54 Å². The third-order valence-corrected chi connectivity index (χ3v) is 6.85. The molecule has 4 rings (SSSR count). The number of hydroxylamine groups is 2. The molecule has 1 heterocycles. The minimum atomic E-state index is -3.90. The second kappa shape index (κ2) is 10.4. The van der Waals surface area contributed by atoms with Gasteiger partial charge in [-0.25, -0.2) is 13.5 Å². The molecule has 3 aromatic carbocycles. The molecule has 1 aliphatic heterocycles. The first-order valence-electron chi connectivity index (χ1n) is 10.4. The molecule has 1 atom stereocenters. The van der Waals surface area contributed by atoms with Gasteiger partial charge in [-0.05, 0) is 66.9 Å². The fraction of sp³-hybridized carbons (Fsp3) is 0.208. The van der Waals surface area contributed by atoms with Crippen molar-refractivity contribution in [3.05, 3.63) is 89.4 Å². The molecule has 172 valence electrons. The van der Waals surface area contributed by atoms with Crippen LogP contribution in [0.2, 0.25) is 5.02 Å². The summed E-state index contributed by atoms with van der Waals surface area (Å²) in [4.78, 5) is 18.5. The zero-order valence-corrected chi connectivity index (χ0v) is 19.3. The highest BCUT2D eigenvalue weighted by molar-refractivity contribution is 7.89. The second-order valence-electron chi connectivity index (χ2n) is 7.54. The van der Waals surface area contributed by atoms with Crippen LogP contribution in [0.25, 0.3) is 0 Å². The molecule has 1 fully saturated rings. The smallest absolute Gasteiger partial charge is 0.264 e. The first kappa shape index (κ1) is 23.3. The summed E-state index contributed by atoms with van der Waals surface area (Å²) < 4.78 is 33.9. The van der Waals surface area contributed by atoms with Gasteiger partial charge in [0.15, 0.2) is 0 Å². The predicted molar refractivity (Wildman–Crippen MR) is 124 cm³/mol. The SMILES string of the molecule is O=C1[C@H](NS(=O)(=O)c2ccc(Oc3ccc(Cl)cc3)cc2)CCCN1OCc1ccccc1. The molecule has 3 aromatic rings. The number of amides is 1. The number of carbonyl (C=O) groups excluding carboxylic acids is 1. The van der Waals surface area contributed by atoms with Crippen LogP contribution in [-0.4, -0.2) is 32.0 Å². The summed E-state index contributed by atoms with van der Waals surface area (Å²) in [6.07, 6.45) is 1.03. The van der Waals surface area contributed by atoms with Gasteiger partial charge in [-0.2, -0.15) is 4.72 Å². The Hall–Kier alpha value is -2.91. The normalized spacial score (nSPS) is 16.6. The summed E-state index contributed by atoms with van der Waals surface area (Å²) in [5.41, 5.74) is 0.925. The summed E-state index contributed by atoms with van der Waals surface area (Å²) in [6, 6.07) is 21.4. The highest BCUT2D eigenvalue weighted by atomic mass is 35.5. The van der Waals surface area contributed by atoms with Crippen molar-refractivity contribution in [1.29, 1.82) is 0 Å². The molecule has 0 radical (unpaired) electrons. The molecule has 33 heavy (non-hydrogen) atoms. The molecule has 0 aliphatic carbocycles. The van der Waals surface area contributed by atoms with Crippen LogP contribution < -0.4 is 9.46 Å². The van der Waals surface area contributed by atoms with Gasteiger partial charge in [-0.3, -0.25) is 9.63 Å². The van der Waals surface area contributed by atoms with Crippen LogP contribution in [0.15, 0.2) is 83.8 Å². The maximum atomic E-state index is 12.9. The van der Waals surface area contributed by atoms with Crippen LogP contribution in [0.4, 0.5) is 0 Å². The van der Waals surface area contributed by atoms with Gasteiger partial charge < -0.3 is 4.74 Å². The molecule has 0 aromatic heterocycles. The Morgan fingerprint density at radius 2 is 1.58 bits per heavy atom. The Kier molecular flexibility index (Phi) is 7.29. The number of nitrogens with zero attached hydrogens (tertiary/aromatic N) is 1. The molecular weight excluding hydrogens is 464 g/mol. The van der Waals surface area contributed by atoms with Gasteiger partial charge in [0.25, 0.3) is 5.91 Å². The van der Waals surface area contributed by atoms with Crippen molar-refractivity contribution in [2.45, 2.75) is 30.4 Å². The number of rotatable bonds is 8. The number of piperidine rings is 1. The molecular formula is C24H23ClN2O5S. The summed E-state index contributed by atoms with van der Waals surface area (Å²) in [6.45, 7) is 0.655. The van der Waals surface area contributed by atoms with Gasteiger partial charge in [0.2, 0.25) is 10.0 Å². The van der Waals surface area contributed by atoms with Gasteiger partial charge in [0.05, 0.1) is 4.90 Å². The highest BCUT2D eigenvalue weighted by Gasteiger charge is 2.33. The average Bonchev–Trinajstić information content (AvgIpc) is 2.82. The van der Waals surface area contributed by atoms with E-state index in [9.17, 15) is 13.2 Å². The molecule has 9 heteroatoms. The number of halogens is 1. The number of carbonyl (C=O) groups is 1. The van der Waals surface area contributed by atoms with Crippen molar-refractivity contribution in [2.24, 2.45) is 0 Å². The zero-order chi connectivity index (χ0) is 23.3. The van der Waals surface area contributed by atoms with Gasteiger partial charge in [0, 0.05) is 11.6 Å². The first-order valence-corrected chi connectivity index (χ1v) is 12.3. The van der Waals surface area contributed by atoms with E-state index in [1.54, 1.807) is 36.4 Å². The number of hydrogen-bond donors (Lipinski definition) is 1. The van der Waals surface area contributed by atoms with Crippen molar-refractivity contribution in [1.82, 2.24) is 9.79 Å². The predicted octanol–water partition coefficient (Wildman–Crippen LogP) is 4.53. The molecule has 0 bridgehead atoms. The van der Waals surface area contributed by atoms with Gasteiger partial charge >= 0.3 is 0 Å². The second-order valence-corrected chi connectivity index (χ2v) is 9.69. The third-order valence-electron chi connectivity index (χ3n) is 5.11. The summed E-state index contributed by atoms with van der Waals surface area (Å²) in [5.74, 6) is 0.658. The van der Waals surface area contributed by atoms with E-state index in [1.165, 1.54) is 17.2 Å². The van der Waals surface area contributed by atoms with E-state index < -0.39 is 22.0 Å². The van der Waals surface area contributed by atoms with E-state index in [1.807, 2.05) is 30.3 Å². The number of benzene rings is 3. The summed E-state index contributed by atoms with van der Waals surface area (Å²) in [5, 5.41) is 1.84. The summed E-state index contributed by atoms with van der Waals surface area (Å²) >= 11 is 5.87. The molecule has 1 amide bonds. The molecule has 1 N–H and O–H groups in total. The van der Waals surface area contributed by atoms with Crippen LogP contribution in [-0.2, 0) is 26.3 Å². The maximum absolute atomic E-state index is 12.9. The molecule has 7 nitrogen and oxygen atoms in total.